The molecule has 1 aliphatic heterocycles. The van der Waals surface area contributed by atoms with Gasteiger partial charge in [0, 0.05) is 26.1 Å². The molecule has 20 heavy (non-hydrogen) atoms. The van der Waals surface area contributed by atoms with Crippen LogP contribution in [-0.4, -0.2) is 58.4 Å². The number of carbonyl (C=O) groups is 3. The van der Waals surface area contributed by atoms with Crippen molar-refractivity contribution in [3.8, 4) is 0 Å². The van der Waals surface area contributed by atoms with E-state index in [0.29, 0.717) is 6.54 Å². The molecule has 1 N–H and O–H groups in total. The Bertz CT molecular complexity index is 417. The fourth-order valence-corrected chi connectivity index (χ4v) is 3.11. The molecule has 112 valence electrons. The lowest BCUT2D eigenvalue weighted by atomic mass is 10.1. The van der Waals surface area contributed by atoms with Crippen molar-refractivity contribution in [1.29, 1.82) is 0 Å². The molecule has 0 aromatic rings. The van der Waals surface area contributed by atoms with Crippen molar-refractivity contribution in [1.82, 2.24) is 9.80 Å². The van der Waals surface area contributed by atoms with E-state index in [4.69, 9.17) is 5.11 Å². The monoisotopic (exact) mass is 282 g/mol. The first kappa shape index (κ1) is 14.8. The molecule has 1 heterocycles. The van der Waals surface area contributed by atoms with Crippen LogP contribution in [0, 0.1) is 5.92 Å². The number of likely N-dealkylation sites (N-methyl/N-ethyl adjacent to an activating group) is 1. The maximum absolute atomic E-state index is 12.3. The predicted octanol–water partition coefficient (Wildman–Crippen LogP) is 0.709. The van der Waals surface area contributed by atoms with Crippen molar-refractivity contribution < 1.29 is 19.5 Å². The van der Waals surface area contributed by atoms with E-state index in [1.807, 2.05) is 4.90 Å². The minimum absolute atomic E-state index is 0.0339. The van der Waals surface area contributed by atoms with Crippen LogP contribution in [-0.2, 0) is 14.4 Å². The number of rotatable bonds is 4. The Morgan fingerprint density at radius 2 is 1.95 bits per heavy atom. The maximum atomic E-state index is 12.3. The van der Waals surface area contributed by atoms with Crippen LogP contribution in [0.4, 0.5) is 0 Å². The fourth-order valence-electron chi connectivity index (χ4n) is 3.11. The normalized spacial score (nSPS) is 25.0. The van der Waals surface area contributed by atoms with Gasteiger partial charge in [0.2, 0.25) is 11.8 Å². The molecule has 2 amide bonds. The largest absolute Gasteiger partial charge is 0.480 e. The molecule has 1 saturated heterocycles. The Morgan fingerprint density at radius 3 is 2.50 bits per heavy atom. The standard InChI is InChI=1S/C14H22N2O4/c1-9(14(19)20)15(2)13(18)10-7-12(17)16(8-10)11-5-3-4-6-11/h9-11H,3-8H2,1-2H3,(H,19,20). The molecule has 0 radical (unpaired) electrons. The zero-order chi connectivity index (χ0) is 14.9. The number of likely N-dealkylation sites (tertiary alicyclic amines) is 1. The van der Waals surface area contributed by atoms with Gasteiger partial charge in [-0.1, -0.05) is 12.8 Å². The number of nitrogens with zero attached hydrogens (tertiary/aromatic N) is 2. The van der Waals surface area contributed by atoms with Crippen LogP contribution >= 0.6 is 0 Å². The van der Waals surface area contributed by atoms with Crippen molar-refractivity contribution >= 4 is 17.8 Å². The summed E-state index contributed by atoms with van der Waals surface area (Å²) in [5.41, 5.74) is 0. The second kappa shape index (κ2) is 5.81. The summed E-state index contributed by atoms with van der Waals surface area (Å²) in [5.74, 6) is -1.63. The molecule has 6 heteroatoms. The van der Waals surface area contributed by atoms with Gasteiger partial charge in [0.25, 0.3) is 0 Å². The Morgan fingerprint density at radius 1 is 1.35 bits per heavy atom. The summed E-state index contributed by atoms with van der Waals surface area (Å²) in [4.78, 5) is 38.3. The zero-order valence-electron chi connectivity index (χ0n) is 12.0. The van der Waals surface area contributed by atoms with Gasteiger partial charge in [0.15, 0.2) is 0 Å². The van der Waals surface area contributed by atoms with Crippen LogP contribution < -0.4 is 0 Å². The molecule has 2 rings (SSSR count). The quantitative estimate of drug-likeness (QED) is 0.823. The topological polar surface area (TPSA) is 77.9 Å². The van der Waals surface area contributed by atoms with E-state index in [1.54, 1.807) is 0 Å². The molecule has 0 spiro atoms. The maximum Gasteiger partial charge on any atom is 0.326 e. The number of carboxylic acid groups (broad SMARTS) is 1. The zero-order valence-corrected chi connectivity index (χ0v) is 12.0. The molecule has 6 nitrogen and oxygen atoms in total. The third-order valence-corrected chi connectivity index (χ3v) is 4.56. The van der Waals surface area contributed by atoms with Gasteiger partial charge in [-0.05, 0) is 19.8 Å². The van der Waals surface area contributed by atoms with Gasteiger partial charge in [-0.2, -0.15) is 0 Å². The average molecular weight is 282 g/mol. The smallest absolute Gasteiger partial charge is 0.326 e. The Balaban J connectivity index is 1.98. The van der Waals surface area contributed by atoms with Crippen molar-refractivity contribution in [3.05, 3.63) is 0 Å². The number of hydrogen-bond donors (Lipinski definition) is 1. The van der Waals surface area contributed by atoms with E-state index < -0.39 is 17.9 Å². The van der Waals surface area contributed by atoms with Crippen molar-refractivity contribution in [3.63, 3.8) is 0 Å². The number of aliphatic carboxylic acids is 1. The molecule has 0 bridgehead atoms. The third-order valence-electron chi connectivity index (χ3n) is 4.56. The van der Waals surface area contributed by atoms with Gasteiger partial charge in [-0.15, -0.1) is 0 Å². The van der Waals surface area contributed by atoms with E-state index in [2.05, 4.69) is 0 Å². The Hall–Kier alpha value is -1.59. The van der Waals surface area contributed by atoms with Gasteiger partial charge >= 0.3 is 5.97 Å². The van der Waals surface area contributed by atoms with Crippen LogP contribution in [0.25, 0.3) is 0 Å². The molecule has 1 aliphatic carbocycles. The molecule has 2 unspecified atom stereocenters. The SMILES string of the molecule is CC(C(=O)O)N(C)C(=O)C1CC(=O)N(C2CCCC2)C1. The highest BCUT2D eigenvalue weighted by Crippen LogP contribution is 2.30. The van der Waals surface area contributed by atoms with Crippen LogP contribution in [0.5, 0.6) is 0 Å². The minimum atomic E-state index is -1.03. The minimum Gasteiger partial charge on any atom is -0.480 e. The highest BCUT2D eigenvalue weighted by molar-refractivity contribution is 5.91. The van der Waals surface area contributed by atoms with Gasteiger partial charge in [0.1, 0.15) is 6.04 Å². The Kier molecular flexibility index (Phi) is 4.30. The summed E-state index contributed by atoms with van der Waals surface area (Å²) in [6, 6.07) is -0.583. The predicted molar refractivity (Wildman–Crippen MR) is 71.9 cm³/mol. The van der Waals surface area contributed by atoms with E-state index in [1.165, 1.54) is 18.9 Å². The first-order valence-electron chi connectivity index (χ1n) is 7.20. The van der Waals surface area contributed by atoms with Crippen LogP contribution in [0.15, 0.2) is 0 Å². The molecule has 0 aromatic heterocycles. The van der Waals surface area contributed by atoms with Crippen LogP contribution in [0.2, 0.25) is 0 Å². The summed E-state index contributed by atoms with van der Waals surface area (Å²) in [6.45, 7) is 1.92. The average Bonchev–Trinajstić information content (AvgIpc) is 3.04. The van der Waals surface area contributed by atoms with Gasteiger partial charge in [0.05, 0.1) is 5.92 Å². The second-order valence-corrected chi connectivity index (χ2v) is 5.85. The van der Waals surface area contributed by atoms with Crippen molar-refractivity contribution in [2.75, 3.05) is 13.6 Å². The Labute approximate surface area is 118 Å². The van der Waals surface area contributed by atoms with Gasteiger partial charge in [-0.25, -0.2) is 4.79 Å². The summed E-state index contributed by atoms with van der Waals surface area (Å²) in [7, 11) is 1.49. The highest BCUT2D eigenvalue weighted by Gasteiger charge is 2.40. The summed E-state index contributed by atoms with van der Waals surface area (Å²) in [5, 5.41) is 8.95. The third kappa shape index (κ3) is 2.78. The molecule has 1 saturated carbocycles. The lowest BCUT2D eigenvalue weighted by Gasteiger charge is -2.26. The molecule has 2 aliphatic rings. The van der Waals surface area contributed by atoms with Gasteiger partial charge in [-0.3, -0.25) is 9.59 Å². The molecular formula is C14H22N2O4. The van der Waals surface area contributed by atoms with E-state index in [-0.39, 0.29) is 24.3 Å². The molecule has 2 atom stereocenters. The first-order valence-corrected chi connectivity index (χ1v) is 7.20. The molecular weight excluding hydrogens is 260 g/mol. The fraction of sp³-hybridized carbons (Fsp3) is 0.786. The molecule has 0 aromatic carbocycles. The first-order chi connectivity index (χ1) is 9.41. The van der Waals surface area contributed by atoms with E-state index >= 15 is 0 Å². The second-order valence-electron chi connectivity index (χ2n) is 5.85. The van der Waals surface area contributed by atoms with Crippen molar-refractivity contribution in [2.45, 2.75) is 51.1 Å². The summed E-state index contributed by atoms with van der Waals surface area (Å²) >= 11 is 0. The van der Waals surface area contributed by atoms with E-state index in [0.717, 1.165) is 25.7 Å². The summed E-state index contributed by atoms with van der Waals surface area (Å²) < 4.78 is 0. The van der Waals surface area contributed by atoms with Crippen molar-refractivity contribution in [2.24, 2.45) is 5.92 Å². The van der Waals surface area contributed by atoms with Crippen LogP contribution in [0.1, 0.15) is 39.0 Å². The number of carboxylic acids is 1. The van der Waals surface area contributed by atoms with Crippen LogP contribution in [0.3, 0.4) is 0 Å². The molecule has 2 fully saturated rings. The van der Waals surface area contributed by atoms with E-state index in [9.17, 15) is 14.4 Å². The number of amides is 2. The summed E-state index contributed by atoms with van der Waals surface area (Å²) in [6.07, 6.45) is 4.54. The number of carbonyl (C=O) groups excluding carboxylic acids is 2. The highest BCUT2D eigenvalue weighted by atomic mass is 16.4. The lowest BCUT2D eigenvalue weighted by molar-refractivity contribution is -0.149. The number of hydrogen-bond acceptors (Lipinski definition) is 3. The van der Waals surface area contributed by atoms with Gasteiger partial charge < -0.3 is 14.9 Å². The lowest BCUT2D eigenvalue weighted by Crippen LogP contribution is -2.44.